The van der Waals surface area contributed by atoms with Gasteiger partial charge in [-0.05, 0) is 24.1 Å². The smallest absolute Gasteiger partial charge is 0.430 e. The van der Waals surface area contributed by atoms with Crippen LogP contribution in [0.2, 0.25) is 5.02 Å². The average Bonchev–Trinajstić information content (AvgIpc) is 2.53. The molecule has 9 heteroatoms. The molecule has 2 rings (SSSR count). The van der Waals surface area contributed by atoms with Gasteiger partial charge in [-0.15, -0.1) is 0 Å². The molecule has 0 saturated carbocycles. The van der Waals surface area contributed by atoms with E-state index >= 15 is 0 Å². The Labute approximate surface area is 145 Å². The molecule has 1 aliphatic rings. The van der Waals surface area contributed by atoms with Crippen LogP contribution < -0.4 is 0 Å². The number of carboxylic acid groups (broad SMARTS) is 1. The number of aliphatic imine (C=N–C) groups is 1. The lowest BCUT2D eigenvalue weighted by Crippen LogP contribution is -2.45. The number of aliphatic carboxylic acids is 1. The maximum atomic E-state index is 13.3. The summed E-state index contributed by atoms with van der Waals surface area (Å²) in [5.74, 6) is -6.90. The number of esters is 1. The molecule has 1 aliphatic heterocycles. The Balaban J connectivity index is 2.80. The van der Waals surface area contributed by atoms with Gasteiger partial charge in [-0.2, -0.15) is 13.2 Å². The lowest BCUT2D eigenvalue weighted by Gasteiger charge is -2.31. The van der Waals surface area contributed by atoms with Crippen LogP contribution in [-0.4, -0.2) is 36.0 Å². The third-order valence-electron chi connectivity index (χ3n) is 3.79. The zero-order valence-electron chi connectivity index (χ0n) is 13.1. The van der Waals surface area contributed by atoms with E-state index in [1.165, 1.54) is 19.1 Å². The van der Waals surface area contributed by atoms with Crippen molar-refractivity contribution in [2.24, 2.45) is 16.8 Å². The van der Waals surface area contributed by atoms with Gasteiger partial charge in [-0.25, -0.2) is 0 Å². The molecule has 0 aromatic heterocycles. The summed E-state index contributed by atoms with van der Waals surface area (Å²) in [6.45, 7) is 1.24. The molecule has 5 nitrogen and oxygen atoms in total. The molecule has 0 radical (unpaired) electrons. The van der Waals surface area contributed by atoms with Crippen molar-refractivity contribution >= 4 is 34.8 Å². The fraction of sp³-hybridized carbons (Fsp3) is 0.312. The molecular weight excluding hydrogens is 363 g/mol. The Morgan fingerprint density at radius 1 is 1.24 bits per heavy atom. The molecule has 0 spiro atoms. The van der Waals surface area contributed by atoms with Crippen LogP contribution in [0.15, 0.2) is 35.0 Å². The van der Waals surface area contributed by atoms with Crippen LogP contribution in [0.25, 0.3) is 5.57 Å². The van der Waals surface area contributed by atoms with Gasteiger partial charge in [0.05, 0.1) is 7.11 Å². The number of carbonyl (C=O) groups is 2. The first-order chi connectivity index (χ1) is 11.6. The average molecular weight is 376 g/mol. The highest BCUT2D eigenvalue weighted by atomic mass is 35.5. The monoisotopic (exact) mass is 375 g/mol. The number of benzene rings is 1. The highest BCUT2D eigenvalue weighted by Crippen LogP contribution is 2.43. The second-order valence-corrected chi connectivity index (χ2v) is 5.70. The Morgan fingerprint density at radius 3 is 2.32 bits per heavy atom. The zero-order valence-corrected chi connectivity index (χ0v) is 13.9. The lowest BCUT2D eigenvalue weighted by atomic mass is 9.76. The number of carbonyl (C=O) groups excluding carboxylic acids is 1. The van der Waals surface area contributed by atoms with Gasteiger partial charge in [-0.3, -0.25) is 14.6 Å². The quantitative estimate of drug-likeness (QED) is 0.819. The van der Waals surface area contributed by atoms with Crippen molar-refractivity contribution in [2.75, 3.05) is 7.11 Å². The van der Waals surface area contributed by atoms with Crippen LogP contribution >= 0.6 is 11.6 Å². The number of ether oxygens (including phenoxy) is 1. The van der Waals surface area contributed by atoms with Gasteiger partial charge < -0.3 is 9.84 Å². The van der Waals surface area contributed by atoms with Crippen molar-refractivity contribution in [1.29, 1.82) is 0 Å². The number of allylic oxidation sites excluding steroid dienone is 1. The molecule has 1 aromatic rings. The Morgan fingerprint density at radius 2 is 1.84 bits per heavy atom. The number of alkyl halides is 3. The minimum atomic E-state index is -4.99. The van der Waals surface area contributed by atoms with Crippen LogP contribution in [0.1, 0.15) is 12.5 Å². The van der Waals surface area contributed by atoms with E-state index in [0.29, 0.717) is 0 Å². The predicted octanol–water partition coefficient (Wildman–Crippen LogP) is 3.58. The summed E-state index contributed by atoms with van der Waals surface area (Å²) in [7, 11) is 0.885. The van der Waals surface area contributed by atoms with Gasteiger partial charge in [-0.1, -0.05) is 29.8 Å². The summed E-state index contributed by atoms with van der Waals surface area (Å²) in [4.78, 5) is 27.3. The highest BCUT2D eigenvalue weighted by molar-refractivity contribution is 6.32. The van der Waals surface area contributed by atoms with Gasteiger partial charge >= 0.3 is 18.1 Å². The summed E-state index contributed by atoms with van der Waals surface area (Å²) in [5.41, 5.74) is -1.53. The van der Waals surface area contributed by atoms with E-state index in [-0.39, 0.29) is 21.9 Å². The molecule has 134 valence electrons. The Kier molecular flexibility index (Phi) is 5.22. The van der Waals surface area contributed by atoms with E-state index in [4.69, 9.17) is 11.6 Å². The third-order valence-corrected chi connectivity index (χ3v) is 4.12. The van der Waals surface area contributed by atoms with Gasteiger partial charge in [0.2, 0.25) is 0 Å². The van der Waals surface area contributed by atoms with Crippen molar-refractivity contribution in [1.82, 2.24) is 0 Å². The van der Waals surface area contributed by atoms with E-state index < -0.39 is 35.7 Å². The van der Waals surface area contributed by atoms with E-state index in [1.807, 2.05) is 0 Å². The van der Waals surface area contributed by atoms with Crippen LogP contribution in [0.3, 0.4) is 0 Å². The normalized spacial score (nSPS) is 21.0. The van der Waals surface area contributed by atoms with Crippen LogP contribution in [0.5, 0.6) is 0 Å². The van der Waals surface area contributed by atoms with Crippen molar-refractivity contribution in [2.45, 2.75) is 13.1 Å². The molecule has 0 aliphatic carbocycles. The number of rotatable bonds is 3. The van der Waals surface area contributed by atoms with Crippen molar-refractivity contribution in [3.05, 3.63) is 40.5 Å². The molecule has 25 heavy (non-hydrogen) atoms. The van der Waals surface area contributed by atoms with Gasteiger partial charge in [0.25, 0.3) is 0 Å². The van der Waals surface area contributed by atoms with E-state index in [1.54, 1.807) is 12.1 Å². The molecular formula is C16H13ClF3NO4. The molecule has 0 bridgehead atoms. The summed E-state index contributed by atoms with van der Waals surface area (Å²) < 4.78 is 44.4. The van der Waals surface area contributed by atoms with E-state index in [0.717, 1.165) is 7.11 Å². The number of nitrogens with zero attached hydrogens (tertiary/aromatic N) is 1. The summed E-state index contributed by atoms with van der Waals surface area (Å²) in [6, 6.07) is 6.06. The number of carboxylic acids is 1. The minimum Gasteiger partial charge on any atom is -0.481 e. The van der Waals surface area contributed by atoms with Crippen LogP contribution in [0, 0.1) is 11.8 Å². The van der Waals surface area contributed by atoms with Gasteiger partial charge in [0.15, 0.2) is 0 Å². The molecule has 1 heterocycles. The maximum Gasteiger partial charge on any atom is 0.430 e. The molecule has 2 atom stereocenters. The molecule has 2 unspecified atom stereocenters. The molecule has 0 amide bonds. The highest BCUT2D eigenvalue weighted by Gasteiger charge is 2.53. The minimum absolute atomic E-state index is 0.0542. The Bertz CT molecular complexity index is 786. The number of halogens is 4. The maximum absolute atomic E-state index is 13.3. The fourth-order valence-corrected chi connectivity index (χ4v) is 3.02. The standard InChI is InChI=1S/C16H13ClF3NO4/c1-7-10(8-5-3-4-6-9(8)17)11(14(22)23)12(15(24)25-2)13(21-7)16(18,19)20/h3-6,11-12H,1-2H3,(H,22,23). The number of methoxy groups -OCH3 is 1. The van der Waals surface area contributed by atoms with Crippen molar-refractivity contribution < 1.29 is 32.6 Å². The predicted molar refractivity (Wildman–Crippen MR) is 84.2 cm³/mol. The van der Waals surface area contributed by atoms with Crippen molar-refractivity contribution in [3.8, 4) is 0 Å². The van der Waals surface area contributed by atoms with Crippen molar-refractivity contribution in [3.63, 3.8) is 0 Å². The second kappa shape index (κ2) is 6.87. The Hall–Kier alpha value is -2.35. The molecule has 0 fully saturated rings. The first-order valence-electron chi connectivity index (χ1n) is 7.01. The van der Waals surface area contributed by atoms with E-state index in [9.17, 15) is 27.9 Å². The lowest BCUT2D eigenvalue weighted by molar-refractivity contribution is -0.152. The third kappa shape index (κ3) is 3.53. The summed E-state index contributed by atoms with van der Waals surface area (Å²) >= 11 is 6.07. The van der Waals surface area contributed by atoms with Crippen LogP contribution in [0.4, 0.5) is 13.2 Å². The largest absolute Gasteiger partial charge is 0.481 e. The topological polar surface area (TPSA) is 76.0 Å². The van der Waals surface area contributed by atoms with E-state index in [2.05, 4.69) is 9.73 Å². The first-order valence-corrected chi connectivity index (χ1v) is 7.39. The molecule has 1 aromatic carbocycles. The van der Waals surface area contributed by atoms with Gasteiger partial charge in [0.1, 0.15) is 17.5 Å². The molecule has 1 N–H and O–H groups in total. The summed E-state index contributed by atoms with van der Waals surface area (Å²) in [6.07, 6.45) is -4.99. The van der Waals surface area contributed by atoms with Crippen LogP contribution in [-0.2, 0) is 14.3 Å². The van der Waals surface area contributed by atoms with Gasteiger partial charge in [0, 0.05) is 10.7 Å². The zero-order chi connectivity index (χ0) is 18.9. The first kappa shape index (κ1) is 19.0. The summed E-state index contributed by atoms with van der Waals surface area (Å²) in [5, 5.41) is 9.71. The molecule has 0 saturated heterocycles. The SMILES string of the molecule is COC(=O)C1C(C(F)(F)F)=NC(C)=C(c2ccccc2Cl)C1C(=O)O. The second-order valence-electron chi connectivity index (χ2n) is 5.29. The fourth-order valence-electron chi connectivity index (χ4n) is 2.78. The number of hydrogen-bond donors (Lipinski definition) is 1. The number of hydrogen-bond acceptors (Lipinski definition) is 4.